The highest BCUT2D eigenvalue weighted by Crippen LogP contribution is 2.10. The van der Waals surface area contributed by atoms with Gasteiger partial charge in [-0.2, -0.15) is 5.10 Å². The number of hydrogen-bond donors (Lipinski definition) is 0. The third kappa shape index (κ3) is 2.92. The minimum atomic E-state index is -0.340. The van der Waals surface area contributed by atoms with Crippen LogP contribution < -0.4 is 0 Å². The zero-order chi connectivity index (χ0) is 12.3. The van der Waals surface area contributed by atoms with Gasteiger partial charge in [0.15, 0.2) is 5.78 Å². The average Bonchev–Trinajstić information content (AvgIpc) is 2.77. The first-order valence-corrected chi connectivity index (χ1v) is 6.07. The molecule has 0 aliphatic carbocycles. The molecule has 17 heavy (non-hydrogen) atoms. The Kier molecular flexibility index (Phi) is 3.91. The largest absolute Gasteiger partial charge is 0.367 e. The molecule has 0 bridgehead atoms. The summed E-state index contributed by atoms with van der Waals surface area (Å²) in [4.78, 5) is 14.3. The maximum atomic E-state index is 12.2. The van der Waals surface area contributed by atoms with Gasteiger partial charge in [-0.3, -0.25) is 9.48 Å². The molecular formula is C12H19N3O2. The molecule has 0 aromatic carbocycles. The summed E-state index contributed by atoms with van der Waals surface area (Å²) in [5.74, 6) is 0.0407. The molecule has 1 unspecified atom stereocenters. The van der Waals surface area contributed by atoms with Crippen LogP contribution in [0.3, 0.4) is 0 Å². The normalized spacial score (nSPS) is 21.6. The standard InChI is InChI=1S/C12H19N3O2/c1-3-4-15-8-10(7-13-15)12(16)11-9-14(2)5-6-17-11/h7-8,11H,3-6,9H2,1-2H3. The number of ether oxygens (including phenoxy) is 1. The molecule has 2 rings (SSSR count). The summed E-state index contributed by atoms with van der Waals surface area (Å²) in [7, 11) is 2.00. The van der Waals surface area contributed by atoms with Gasteiger partial charge in [0.05, 0.1) is 18.4 Å². The number of nitrogens with zero attached hydrogens (tertiary/aromatic N) is 3. The lowest BCUT2D eigenvalue weighted by atomic mass is 10.1. The Bertz CT molecular complexity index is 389. The number of aromatic nitrogens is 2. The van der Waals surface area contributed by atoms with Crippen LogP contribution in [0.4, 0.5) is 0 Å². The van der Waals surface area contributed by atoms with Crippen molar-refractivity contribution in [2.24, 2.45) is 0 Å². The smallest absolute Gasteiger partial charge is 0.196 e. The minimum Gasteiger partial charge on any atom is -0.367 e. The third-order valence-electron chi connectivity index (χ3n) is 2.93. The maximum Gasteiger partial charge on any atom is 0.196 e. The monoisotopic (exact) mass is 237 g/mol. The summed E-state index contributed by atoms with van der Waals surface area (Å²) in [6, 6.07) is 0. The van der Waals surface area contributed by atoms with Gasteiger partial charge in [0.25, 0.3) is 0 Å². The summed E-state index contributed by atoms with van der Waals surface area (Å²) < 4.78 is 7.31. The van der Waals surface area contributed by atoms with Gasteiger partial charge in [-0.05, 0) is 13.5 Å². The first-order chi connectivity index (χ1) is 8.20. The van der Waals surface area contributed by atoms with E-state index >= 15 is 0 Å². The van der Waals surface area contributed by atoms with E-state index in [-0.39, 0.29) is 11.9 Å². The van der Waals surface area contributed by atoms with Gasteiger partial charge in [-0.1, -0.05) is 6.92 Å². The van der Waals surface area contributed by atoms with Gasteiger partial charge in [0.1, 0.15) is 6.10 Å². The minimum absolute atomic E-state index is 0.0407. The Morgan fingerprint density at radius 2 is 2.47 bits per heavy atom. The van der Waals surface area contributed by atoms with Gasteiger partial charge in [0.2, 0.25) is 0 Å². The van der Waals surface area contributed by atoms with E-state index in [2.05, 4.69) is 16.9 Å². The van der Waals surface area contributed by atoms with Crippen molar-refractivity contribution in [1.29, 1.82) is 0 Å². The van der Waals surface area contributed by atoms with Crippen molar-refractivity contribution < 1.29 is 9.53 Å². The number of rotatable bonds is 4. The van der Waals surface area contributed by atoms with Crippen LogP contribution in [0, 0.1) is 0 Å². The predicted molar refractivity (Wildman–Crippen MR) is 64.1 cm³/mol. The van der Waals surface area contributed by atoms with E-state index in [0.717, 1.165) is 19.5 Å². The fourth-order valence-electron chi connectivity index (χ4n) is 1.96. The number of morpholine rings is 1. The number of carbonyl (C=O) groups is 1. The summed E-state index contributed by atoms with van der Waals surface area (Å²) in [6.07, 6.45) is 4.12. The fourth-order valence-corrected chi connectivity index (χ4v) is 1.96. The highest BCUT2D eigenvalue weighted by atomic mass is 16.5. The van der Waals surface area contributed by atoms with E-state index in [1.54, 1.807) is 10.9 Å². The van der Waals surface area contributed by atoms with Crippen LogP contribution >= 0.6 is 0 Å². The van der Waals surface area contributed by atoms with E-state index in [9.17, 15) is 4.79 Å². The maximum absolute atomic E-state index is 12.2. The van der Waals surface area contributed by atoms with E-state index in [1.165, 1.54) is 0 Å². The summed E-state index contributed by atoms with van der Waals surface area (Å²) in [5, 5.41) is 4.17. The molecule has 94 valence electrons. The predicted octanol–water partition coefficient (Wildman–Crippen LogP) is 0.806. The van der Waals surface area contributed by atoms with Crippen LogP contribution in [0.15, 0.2) is 12.4 Å². The number of likely N-dealkylation sites (N-methyl/N-ethyl adjacent to an activating group) is 1. The SMILES string of the molecule is CCCn1cc(C(=O)C2CN(C)CCO2)cn1. The quantitative estimate of drug-likeness (QED) is 0.727. The molecule has 1 aliphatic heterocycles. The van der Waals surface area contributed by atoms with E-state index in [0.29, 0.717) is 18.7 Å². The molecule has 1 saturated heterocycles. The Hall–Kier alpha value is -1.20. The van der Waals surface area contributed by atoms with Crippen LogP contribution in [0.25, 0.3) is 0 Å². The summed E-state index contributed by atoms with van der Waals surface area (Å²) >= 11 is 0. The second kappa shape index (κ2) is 5.42. The summed E-state index contributed by atoms with van der Waals surface area (Å²) in [6.45, 7) is 5.10. The molecule has 1 aliphatic rings. The van der Waals surface area contributed by atoms with Crippen LogP contribution in [0.5, 0.6) is 0 Å². The fraction of sp³-hybridized carbons (Fsp3) is 0.667. The van der Waals surface area contributed by atoms with Crippen molar-refractivity contribution in [2.75, 3.05) is 26.7 Å². The van der Waals surface area contributed by atoms with Crippen LogP contribution in [0.1, 0.15) is 23.7 Å². The molecule has 1 fully saturated rings. The molecule has 1 aromatic rings. The highest BCUT2D eigenvalue weighted by molar-refractivity contribution is 5.99. The number of hydrogen-bond acceptors (Lipinski definition) is 4. The molecule has 1 aromatic heterocycles. The Morgan fingerprint density at radius 3 is 3.18 bits per heavy atom. The molecular weight excluding hydrogens is 218 g/mol. The van der Waals surface area contributed by atoms with Crippen molar-refractivity contribution in [2.45, 2.75) is 26.0 Å². The van der Waals surface area contributed by atoms with Crippen molar-refractivity contribution in [3.8, 4) is 0 Å². The Labute approximate surface area is 101 Å². The third-order valence-corrected chi connectivity index (χ3v) is 2.93. The second-order valence-electron chi connectivity index (χ2n) is 4.48. The van der Waals surface area contributed by atoms with Gasteiger partial charge in [-0.25, -0.2) is 0 Å². The van der Waals surface area contributed by atoms with Gasteiger partial charge < -0.3 is 9.64 Å². The lowest BCUT2D eigenvalue weighted by Gasteiger charge is -2.28. The molecule has 5 heteroatoms. The van der Waals surface area contributed by atoms with Crippen LogP contribution in [0.2, 0.25) is 0 Å². The Balaban J connectivity index is 2.02. The molecule has 2 heterocycles. The first-order valence-electron chi connectivity index (χ1n) is 6.07. The number of ketones is 1. The van der Waals surface area contributed by atoms with Gasteiger partial charge in [-0.15, -0.1) is 0 Å². The van der Waals surface area contributed by atoms with Crippen molar-refractivity contribution in [3.63, 3.8) is 0 Å². The molecule has 1 atom stereocenters. The van der Waals surface area contributed by atoms with Gasteiger partial charge >= 0.3 is 0 Å². The zero-order valence-corrected chi connectivity index (χ0v) is 10.4. The zero-order valence-electron chi connectivity index (χ0n) is 10.4. The topological polar surface area (TPSA) is 47.4 Å². The van der Waals surface area contributed by atoms with Crippen LogP contribution in [-0.4, -0.2) is 53.3 Å². The second-order valence-corrected chi connectivity index (χ2v) is 4.48. The van der Waals surface area contributed by atoms with Crippen molar-refractivity contribution >= 4 is 5.78 Å². The van der Waals surface area contributed by atoms with Crippen LogP contribution in [-0.2, 0) is 11.3 Å². The molecule has 0 radical (unpaired) electrons. The van der Waals surface area contributed by atoms with E-state index in [1.807, 2.05) is 13.2 Å². The Morgan fingerprint density at radius 1 is 1.65 bits per heavy atom. The lowest BCUT2D eigenvalue weighted by Crippen LogP contribution is -2.44. The number of Topliss-reactive ketones (excluding diaryl/α,β-unsaturated/α-hetero) is 1. The van der Waals surface area contributed by atoms with E-state index in [4.69, 9.17) is 4.74 Å². The molecule has 0 N–H and O–H groups in total. The molecule has 5 nitrogen and oxygen atoms in total. The average molecular weight is 237 g/mol. The highest BCUT2D eigenvalue weighted by Gasteiger charge is 2.26. The molecule has 0 spiro atoms. The first kappa shape index (κ1) is 12.3. The van der Waals surface area contributed by atoms with Crippen molar-refractivity contribution in [3.05, 3.63) is 18.0 Å². The lowest BCUT2D eigenvalue weighted by molar-refractivity contribution is -0.00862. The molecule has 0 saturated carbocycles. The van der Waals surface area contributed by atoms with Crippen molar-refractivity contribution in [1.82, 2.24) is 14.7 Å². The number of carbonyl (C=O) groups excluding carboxylic acids is 1. The molecule has 0 amide bonds. The summed E-state index contributed by atoms with van der Waals surface area (Å²) in [5.41, 5.74) is 0.652. The van der Waals surface area contributed by atoms with Gasteiger partial charge in [0, 0.05) is 25.8 Å². The number of aryl methyl sites for hydroxylation is 1. The van der Waals surface area contributed by atoms with E-state index < -0.39 is 0 Å².